The van der Waals surface area contributed by atoms with Crippen LogP contribution in [0.5, 0.6) is 5.75 Å². The number of amides is 2. The molecule has 0 saturated heterocycles. The van der Waals surface area contributed by atoms with E-state index in [1.165, 1.54) is 0 Å². The molecule has 5 nitrogen and oxygen atoms in total. The van der Waals surface area contributed by atoms with Gasteiger partial charge in [-0.25, -0.2) is 0 Å². The molecule has 1 aliphatic rings. The molecule has 1 unspecified atom stereocenters. The van der Waals surface area contributed by atoms with Gasteiger partial charge in [0.15, 0.2) is 6.10 Å². The van der Waals surface area contributed by atoms with Gasteiger partial charge in [-0.3, -0.25) is 9.59 Å². The maximum Gasteiger partial charge on any atom is 0.269 e. The Morgan fingerprint density at radius 1 is 1.42 bits per heavy atom. The zero-order chi connectivity index (χ0) is 14.0. The van der Waals surface area contributed by atoms with Crippen molar-refractivity contribution in [1.29, 1.82) is 0 Å². The molecule has 1 N–H and O–H groups in total. The first-order valence-corrected chi connectivity index (χ1v) is 6.31. The summed E-state index contributed by atoms with van der Waals surface area (Å²) < 4.78 is 5.64. The van der Waals surface area contributed by atoms with Gasteiger partial charge in [-0.2, -0.15) is 0 Å². The fourth-order valence-corrected chi connectivity index (χ4v) is 1.90. The molecule has 1 aromatic rings. The largest absolute Gasteiger partial charge is 0.477 e. The molecule has 1 heterocycles. The molecule has 2 amide bonds. The number of carbonyl (C=O) groups is 2. The van der Waals surface area contributed by atoms with Crippen molar-refractivity contribution in [2.45, 2.75) is 20.0 Å². The predicted octanol–water partition coefficient (Wildman–Crippen LogP) is 1.18. The van der Waals surface area contributed by atoms with E-state index in [2.05, 4.69) is 5.32 Å². The highest BCUT2D eigenvalue weighted by atomic mass is 16.5. The zero-order valence-corrected chi connectivity index (χ0v) is 11.3. The summed E-state index contributed by atoms with van der Waals surface area (Å²) in [6, 6.07) is 7.35. The summed E-state index contributed by atoms with van der Waals surface area (Å²) in [6.45, 7) is 3.80. The monoisotopic (exact) mass is 262 g/mol. The molecule has 0 fully saturated rings. The maximum atomic E-state index is 12.1. The lowest BCUT2D eigenvalue weighted by Gasteiger charge is -2.32. The van der Waals surface area contributed by atoms with Gasteiger partial charge < -0.3 is 15.0 Å². The fourth-order valence-electron chi connectivity index (χ4n) is 1.90. The van der Waals surface area contributed by atoms with Crippen molar-refractivity contribution in [1.82, 2.24) is 5.32 Å². The Morgan fingerprint density at radius 2 is 2.11 bits per heavy atom. The van der Waals surface area contributed by atoms with Crippen molar-refractivity contribution in [3.63, 3.8) is 0 Å². The Kier molecular flexibility index (Phi) is 3.74. The van der Waals surface area contributed by atoms with Crippen LogP contribution < -0.4 is 15.0 Å². The second kappa shape index (κ2) is 5.30. The Bertz CT molecular complexity index is 499. The number of nitrogens with zero attached hydrogens (tertiary/aromatic N) is 1. The van der Waals surface area contributed by atoms with E-state index < -0.39 is 6.10 Å². The standard InChI is InChI=1S/C14H18N2O3/c1-9(2)13(17)15-8-12-14(18)16(3)10-6-4-5-7-11(10)19-12/h4-7,9,12H,8H2,1-3H3,(H,15,17). The van der Waals surface area contributed by atoms with Crippen molar-refractivity contribution < 1.29 is 14.3 Å². The fraction of sp³-hybridized carbons (Fsp3) is 0.429. The lowest BCUT2D eigenvalue weighted by molar-refractivity contribution is -0.127. The minimum Gasteiger partial charge on any atom is -0.477 e. The van der Waals surface area contributed by atoms with E-state index in [0.717, 1.165) is 5.69 Å². The van der Waals surface area contributed by atoms with Crippen LogP contribution in [0, 0.1) is 5.92 Å². The van der Waals surface area contributed by atoms with Gasteiger partial charge in [0.25, 0.3) is 5.91 Å². The highest BCUT2D eigenvalue weighted by Crippen LogP contribution is 2.32. The van der Waals surface area contributed by atoms with Crippen LogP contribution in [0.1, 0.15) is 13.8 Å². The number of ether oxygens (including phenoxy) is 1. The molecule has 1 atom stereocenters. The number of para-hydroxylation sites is 2. The first-order chi connectivity index (χ1) is 9.00. The first kappa shape index (κ1) is 13.4. The van der Waals surface area contributed by atoms with Crippen molar-refractivity contribution in [3.05, 3.63) is 24.3 Å². The van der Waals surface area contributed by atoms with Gasteiger partial charge in [0, 0.05) is 13.0 Å². The zero-order valence-electron chi connectivity index (χ0n) is 11.3. The third-order valence-corrected chi connectivity index (χ3v) is 3.09. The normalized spacial score (nSPS) is 18.0. The topological polar surface area (TPSA) is 58.6 Å². The molecule has 1 aromatic carbocycles. The molecule has 0 aromatic heterocycles. The molecule has 0 bridgehead atoms. The number of likely N-dealkylation sites (N-methyl/N-ethyl adjacent to an activating group) is 1. The molecule has 102 valence electrons. The van der Waals surface area contributed by atoms with Crippen molar-refractivity contribution in [3.8, 4) is 5.75 Å². The van der Waals surface area contributed by atoms with Crippen LogP contribution in [0.2, 0.25) is 0 Å². The number of fused-ring (bicyclic) bond motifs is 1. The summed E-state index contributed by atoms with van der Waals surface area (Å²) in [6.07, 6.45) is -0.664. The van der Waals surface area contributed by atoms with Crippen LogP contribution in [0.4, 0.5) is 5.69 Å². The van der Waals surface area contributed by atoms with Crippen molar-refractivity contribution >= 4 is 17.5 Å². The minimum absolute atomic E-state index is 0.0853. The summed E-state index contributed by atoms with van der Waals surface area (Å²) in [5, 5.41) is 2.72. The SMILES string of the molecule is CC(C)C(=O)NCC1Oc2ccccc2N(C)C1=O. The molecular weight excluding hydrogens is 244 g/mol. The Balaban J connectivity index is 2.09. The summed E-state index contributed by atoms with van der Waals surface area (Å²) >= 11 is 0. The predicted molar refractivity (Wildman–Crippen MR) is 72.1 cm³/mol. The third-order valence-electron chi connectivity index (χ3n) is 3.09. The number of hydrogen-bond acceptors (Lipinski definition) is 3. The maximum absolute atomic E-state index is 12.1. The van der Waals surface area contributed by atoms with Gasteiger partial charge in [0.1, 0.15) is 5.75 Å². The van der Waals surface area contributed by atoms with E-state index in [0.29, 0.717) is 5.75 Å². The molecule has 19 heavy (non-hydrogen) atoms. The van der Waals surface area contributed by atoms with Gasteiger partial charge in [-0.15, -0.1) is 0 Å². The highest BCUT2D eigenvalue weighted by Gasteiger charge is 2.32. The first-order valence-electron chi connectivity index (χ1n) is 6.31. The van der Waals surface area contributed by atoms with Gasteiger partial charge in [-0.1, -0.05) is 26.0 Å². The Morgan fingerprint density at radius 3 is 2.79 bits per heavy atom. The van der Waals surface area contributed by atoms with Crippen LogP contribution in [0.3, 0.4) is 0 Å². The van der Waals surface area contributed by atoms with Crippen LogP contribution in [-0.2, 0) is 9.59 Å². The lowest BCUT2D eigenvalue weighted by Crippen LogP contribution is -2.50. The average molecular weight is 262 g/mol. The smallest absolute Gasteiger partial charge is 0.269 e. The second-order valence-electron chi connectivity index (χ2n) is 4.87. The van der Waals surface area contributed by atoms with E-state index in [-0.39, 0.29) is 24.3 Å². The van der Waals surface area contributed by atoms with Crippen molar-refractivity contribution in [2.75, 3.05) is 18.5 Å². The van der Waals surface area contributed by atoms with Crippen LogP contribution >= 0.6 is 0 Å². The summed E-state index contributed by atoms with van der Waals surface area (Å²) in [5.41, 5.74) is 0.749. The number of rotatable bonds is 3. The van der Waals surface area contributed by atoms with E-state index in [4.69, 9.17) is 4.74 Å². The summed E-state index contributed by atoms with van der Waals surface area (Å²) in [4.78, 5) is 25.2. The molecule has 0 radical (unpaired) electrons. The molecule has 5 heteroatoms. The van der Waals surface area contributed by atoms with Crippen molar-refractivity contribution in [2.24, 2.45) is 5.92 Å². The quantitative estimate of drug-likeness (QED) is 0.890. The minimum atomic E-state index is -0.664. The number of anilines is 1. The van der Waals surface area contributed by atoms with Gasteiger partial charge in [0.2, 0.25) is 5.91 Å². The van der Waals surface area contributed by atoms with E-state index >= 15 is 0 Å². The van der Waals surface area contributed by atoms with Gasteiger partial charge in [0.05, 0.1) is 12.2 Å². The van der Waals surface area contributed by atoms with Crippen LogP contribution in [0.15, 0.2) is 24.3 Å². The van der Waals surface area contributed by atoms with Crippen LogP contribution in [-0.4, -0.2) is 31.5 Å². The van der Waals surface area contributed by atoms with Gasteiger partial charge >= 0.3 is 0 Å². The van der Waals surface area contributed by atoms with E-state index in [1.54, 1.807) is 25.8 Å². The molecule has 0 spiro atoms. The Hall–Kier alpha value is -2.04. The van der Waals surface area contributed by atoms with E-state index in [9.17, 15) is 9.59 Å². The average Bonchev–Trinajstić information content (AvgIpc) is 2.40. The number of benzene rings is 1. The van der Waals surface area contributed by atoms with Crippen LogP contribution in [0.25, 0.3) is 0 Å². The molecule has 0 saturated carbocycles. The van der Waals surface area contributed by atoms with E-state index in [1.807, 2.05) is 24.3 Å². The second-order valence-corrected chi connectivity index (χ2v) is 4.87. The number of carbonyl (C=O) groups excluding carboxylic acids is 2. The summed E-state index contributed by atoms with van der Waals surface area (Å²) in [5.74, 6) is 0.317. The lowest BCUT2D eigenvalue weighted by atomic mass is 10.1. The number of nitrogens with one attached hydrogen (secondary N) is 1. The number of hydrogen-bond donors (Lipinski definition) is 1. The third kappa shape index (κ3) is 2.70. The summed E-state index contributed by atoms with van der Waals surface area (Å²) in [7, 11) is 1.71. The van der Waals surface area contributed by atoms with Gasteiger partial charge in [-0.05, 0) is 12.1 Å². The highest BCUT2D eigenvalue weighted by molar-refractivity contribution is 5.99. The Labute approximate surface area is 112 Å². The molecule has 1 aliphatic heterocycles. The molecular formula is C14H18N2O3. The molecule has 0 aliphatic carbocycles. The molecule has 2 rings (SSSR count).